The minimum atomic E-state index is -0.467. The number of benzene rings is 3. The number of thioether (sulfide) groups is 1. The molecule has 43 heavy (non-hydrogen) atoms. The molecule has 2 aromatic heterocycles. The minimum Gasteiger partial charge on any atom is -0.321 e. The lowest BCUT2D eigenvalue weighted by molar-refractivity contribution is -0.115. The van der Waals surface area contributed by atoms with Crippen LogP contribution in [0.25, 0.3) is 16.6 Å². The molecule has 3 aromatic carbocycles. The number of carbonyl (C=O) groups is 3. The molecule has 1 unspecified atom stereocenters. The first-order chi connectivity index (χ1) is 20.9. The molecule has 7 nitrogen and oxygen atoms in total. The Balaban J connectivity index is 1.26. The Kier molecular flexibility index (Phi) is 9.83. The quantitative estimate of drug-likeness (QED) is 0.109. The van der Waals surface area contributed by atoms with Gasteiger partial charge in [-0.05, 0) is 72.8 Å². The van der Waals surface area contributed by atoms with Gasteiger partial charge in [-0.15, -0.1) is 34.4 Å². The molecule has 0 fully saturated rings. The van der Waals surface area contributed by atoms with Crippen molar-refractivity contribution in [3.05, 3.63) is 124 Å². The van der Waals surface area contributed by atoms with Crippen LogP contribution in [0.4, 0.5) is 10.8 Å². The summed E-state index contributed by atoms with van der Waals surface area (Å²) in [5.41, 5.74) is 3.71. The van der Waals surface area contributed by atoms with Gasteiger partial charge in [0.25, 0.3) is 11.8 Å². The molecule has 0 aliphatic carbocycles. The average Bonchev–Trinajstić information content (AvgIpc) is 3.71. The van der Waals surface area contributed by atoms with E-state index in [9.17, 15) is 14.4 Å². The highest BCUT2D eigenvalue weighted by Crippen LogP contribution is 2.30. The third-order valence-electron chi connectivity index (χ3n) is 6.30. The highest BCUT2D eigenvalue weighted by atomic mass is 32.2. The molecular formula is C33H28N4O3S3. The van der Waals surface area contributed by atoms with E-state index >= 15 is 0 Å². The van der Waals surface area contributed by atoms with Gasteiger partial charge in [-0.1, -0.05) is 54.6 Å². The summed E-state index contributed by atoms with van der Waals surface area (Å²) in [6.45, 7) is 3.76. The third kappa shape index (κ3) is 8.07. The molecule has 0 spiro atoms. The maximum atomic E-state index is 13.5. The van der Waals surface area contributed by atoms with E-state index in [2.05, 4.69) is 20.9 Å². The normalized spacial score (nSPS) is 11.9. The van der Waals surface area contributed by atoms with Crippen LogP contribution in [0, 0.1) is 6.92 Å². The fraction of sp³-hybridized carbons (Fsp3) is 0.0909. The van der Waals surface area contributed by atoms with Crippen molar-refractivity contribution >= 4 is 69.1 Å². The van der Waals surface area contributed by atoms with Crippen LogP contribution >= 0.6 is 34.4 Å². The summed E-state index contributed by atoms with van der Waals surface area (Å²) >= 11 is 4.36. The fourth-order valence-electron chi connectivity index (χ4n) is 4.03. The van der Waals surface area contributed by atoms with Crippen molar-refractivity contribution in [2.75, 3.05) is 10.6 Å². The smallest absolute Gasteiger partial charge is 0.272 e. The molecule has 3 amide bonds. The summed E-state index contributed by atoms with van der Waals surface area (Å²) in [7, 11) is 0. The zero-order valence-corrected chi connectivity index (χ0v) is 25.8. The van der Waals surface area contributed by atoms with Gasteiger partial charge in [0.05, 0.1) is 15.8 Å². The molecule has 10 heteroatoms. The van der Waals surface area contributed by atoms with Gasteiger partial charge < -0.3 is 16.0 Å². The van der Waals surface area contributed by atoms with Gasteiger partial charge >= 0.3 is 0 Å². The minimum absolute atomic E-state index is 0.110. The van der Waals surface area contributed by atoms with Crippen molar-refractivity contribution in [2.24, 2.45) is 0 Å². The zero-order chi connectivity index (χ0) is 30.2. The second kappa shape index (κ2) is 14.1. The second-order valence-corrected chi connectivity index (χ2v) is 12.7. The number of thiazole rings is 1. The maximum Gasteiger partial charge on any atom is 0.272 e. The average molecular weight is 625 g/mol. The Bertz CT molecular complexity index is 1770. The van der Waals surface area contributed by atoms with E-state index in [0.29, 0.717) is 16.4 Å². The molecule has 0 aliphatic rings. The Morgan fingerprint density at radius 3 is 2.44 bits per heavy atom. The predicted molar refractivity (Wildman–Crippen MR) is 178 cm³/mol. The SMILES string of the molecule is Cc1ccccc1/C=C(\NC(=O)c1ccccc1)C(=O)Nc1cccc(SC(C)C(=O)Nc2nc(-c3cccs3)cs2)c1. The highest BCUT2D eigenvalue weighted by Gasteiger charge is 2.19. The number of nitrogens with one attached hydrogen (secondary N) is 3. The summed E-state index contributed by atoms with van der Waals surface area (Å²) in [4.78, 5) is 45.7. The molecule has 0 radical (unpaired) electrons. The van der Waals surface area contributed by atoms with Gasteiger partial charge in [-0.25, -0.2) is 4.98 Å². The molecule has 3 N–H and O–H groups in total. The number of aryl methyl sites for hydroxylation is 1. The van der Waals surface area contributed by atoms with E-state index in [1.165, 1.54) is 23.1 Å². The van der Waals surface area contributed by atoms with Crippen LogP contribution in [0.5, 0.6) is 0 Å². The van der Waals surface area contributed by atoms with E-state index in [4.69, 9.17) is 0 Å². The first-order valence-electron chi connectivity index (χ1n) is 13.4. The summed E-state index contributed by atoms with van der Waals surface area (Å²) in [5.74, 6) is -1.02. The molecule has 216 valence electrons. The number of hydrogen-bond donors (Lipinski definition) is 3. The summed E-state index contributed by atoms with van der Waals surface area (Å²) in [5, 5.41) is 12.6. The van der Waals surface area contributed by atoms with E-state index in [1.54, 1.807) is 53.8 Å². The molecule has 0 saturated heterocycles. The van der Waals surface area contributed by atoms with Gasteiger partial charge in [0.1, 0.15) is 5.70 Å². The van der Waals surface area contributed by atoms with Crippen LogP contribution in [0.15, 0.2) is 112 Å². The number of amides is 3. The Hall–Kier alpha value is -4.51. The second-order valence-electron chi connectivity index (χ2n) is 9.48. The number of thiophene rings is 1. The molecule has 0 bridgehead atoms. The lowest BCUT2D eigenvalue weighted by atomic mass is 10.1. The van der Waals surface area contributed by atoms with Crippen LogP contribution in [-0.2, 0) is 9.59 Å². The monoisotopic (exact) mass is 624 g/mol. The number of carbonyl (C=O) groups excluding carboxylic acids is 3. The van der Waals surface area contributed by atoms with Crippen LogP contribution in [0.3, 0.4) is 0 Å². The molecule has 1 atom stereocenters. The summed E-state index contributed by atoms with van der Waals surface area (Å²) < 4.78 is 0. The fourth-order valence-corrected chi connectivity index (χ4v) is 6.43. The topological polar surface area (TPSA) is 100 Å². The predicted octanol–water partition coefficient (Wildman–Crippen LogP) is 7.71. The molecule has 5 rings (SSSR count). The van der Waals surface area contributed by atoms with Gasteiger partial charge in [0.15, 0.2) is 5.13 Å². The largest absolute Gasteiger partial charge is 0.321 e. The van der Waals surface area contributed by atoms with E-state index in [0.717, 1.165) is 26.6 Å². The lowest BCUT2D eigenvalue weighted by Crippen LogP contribution is -2.30. The summed E-state index contributed by atoms with van der Waals surface area (Å²) in [6, 6.07) is 27.6. The molecule has 0 aliphatic heterocycles. The van der Waals surface area contributed by atoms with Crippen molar-refractivity contribution in [3.63, 3.8) is 0 Å². The van der Waals surface area contributed by atoms with Crippen molar-refractivity contribution in [1.29, 1.82) is 0 Å². The van der Waals surface area contributed by atoms with Gasteiger partial charge in [0.2, 0.25) is 5.91 Å². The van der Waals surface area contributed by atoms with Crippen LogP contribution in [0.1, 0.15) is 28.4 Å². The zero-order valence-electron chi connectivity index (χ0n) is 23.4. The maximum absolute atomic E-state index is 13.5. The number of anilines is 2. The molecule has 2 heterocycles. The van der Waals surface area contributed by atoms with E-state index in [-0.39, 0.29) is 17.5 Å². The van der Waals surface area contributed by atoms with E-state index in [1.807, 2.05) is 79.2 Å². The first-order valence-corrected chi connectivity index (χ1v) is 16.0. The Morgan fingerprint density at radius 2 is 1.67 bits per heavy atom. The number of hydrogen-bond acceptors (Lipinski definition) is 7. The van der Waals surface area contributed by atoms with Crippen LogP contribution < -0.4 is 16.0 Å². The van der Waals surface area contributed by atoms with Crippen molar-refractivity contribution in [1.82, 2.24) is 10.3 Å². The number of aromatic nitrogens is 1. The van der Waals surface area contributed by atoms with Crippen molar-refractivity contribution in [3.8, 4) is 10.6 Å². The van der Waals surface area contributed by atoms with Crippen LogP contribution in [-0.4, -0.2) is 28.0 Å². The highest BCUT2D eigenvalue weighted by molar-refractivity contribution is 8.00. The third-order valence-corrected chi connectivity index (χ3v) is 9.04. The Morgan fingerprint density at radius 1 is 0.884 bits per heavy atom. The Labute approximate surface area is 262 Å². The molecular weight excluding hydrogens is 597 g/mol. The summed E-state index contributed by atoms with van der Waals surface area (Å²) in [6.07, 6.45) is 1.67. The van der Waals surface area contributed by atoms with E-state index < -0.39 is 11.2 Å². The molecule has 0 saturated carbocycles. The van der Waals surface area contributed by atoms with Crippen molar-refractivity contribution < 1.29 is 14.4 Å². The van der Waals surface area contributed by atoms with Gasteiger partial charge in [-0.3, -0.25) is 14.4 Å². The standard InChI is InChI=1S/C33H28N4O3S3/c1-21-10-6-7-13-24(21)18-27(35-31(39)23-11-4-3-5-12-23)32(40)34-25-14-8-15-26(19-25)43-22(2)30(38)37-33-36-28(20-42-33)29-16-9-17-41-29/h3-20,22H,1-2H3,(H,34,40)(H,35,39)(H,36,37,38)/b27-18-. The number of rotatable bonds is 10. The molecule has 5 aromatic rings. The van der Waals surface area contributed by atoms with Crippen LogP contribution in [0.2, 0.25) is 0 Å². The van der Waals surface area contributed by atoms with Gasteiger partial charge in [-0.2, -0.15) is 0 Å². The first kappa shape index (κ1) is 30.0. The van der Waals surface area contributed by atoms with Crippen molar-refractivity contribution in [2.45, 2.75) is 24.0 Å². The number of nitrogens with zero attached hydrogens (tertiary/aromatic N) is 1. The van der Waals surface area contributed by atoms with Gasteiger partial charge in [0, 0.05) is 21.5 Å². The lowest BCUT2D eigenvalue weighted by Gasteiger charge is -2.14.